The molecule has 0 radical (unpaired) electrons. The number of aromatic nitrogens is 3. The second kappa shape index (κ2) is 13.5. The van der Waals surface area contributed by atoms with Crippen molar-refractivity contribution in [3.05, 3.63) is 125 Å². The van der Waals surface area contributed by atoms with Crippen LogP contribution < -0.4 is 10.2 Å². The van der Waals surface area contributed by atoms with Crippen molar-refractivity contribution >= 4 is 23.9 Å². The van der Waals surface area contributed by atoms with Crippen molar-refractivity contribution in [3.63, 3.8) is 0 Å². The number of carbonyl (C=O) groups is 1. The van der Waals surface area contributed by atoms with Gasteiger partial charge in [-0.3, -0.25) is 9.36 Å². The SMILES string of the molecule is Cc1ccc(-n2c(SCC(=O)NN=Cc3ccc(OCc4ccccc4)cc3)nnc2-c2ccc(C(C)(C)C)cc2)cc1. The molecule has 8 heteroatoms. The topological polar surface area (TPSA) is 81.4 Å². The minimum Gasteiger partial charge on any atom is -0.489 e. The summed E-state index contributed by atoms with van der Waals surface area (Å²) in [7, 11) is 0. The molecule has 0 spiro atoms. The van der Waals surface area contributed by atoms with Crippen LogP contribution in [0.4, 0.5) is 0 Å². The minimum atomic E-state index is -0.237. The van der Waals surface area contributed by atoms with Crippen molar-refractivity contribution < 1.29 is 9.53 Å². The molecule has 0 aliphatic rings. The Hall–Kier alpha value is -4.69. The average molecular weight is 590 g/mol. The van der Waals surface area contributed by atoms with E-state index in [1.165, 1.54) is 17.3 Å². The lowest BCUT2D eigenvalue weighted by Gasteiger charge is -2.19. The molecule has 5 aromatic rings. The fraction of sp³-hybridized carbons (Fsp3) is 0.200. The summed E-state index contributed by atoms with van der Waals surface area (Å²) in [5.74, 6) is 1.39. The van der Waals surface area contributed by atoms with Crippen molar-refractivity contribution in [3.8, 4) is 22.8 Å². The van der Waals surface area contributed by atoms with Crippen LogP contribution in [0.2, 0.25) is 0 Å². The van der Waals surface area contributed by atoms with Gasteiger partial charge in [-0.2, -0.15) is 5.10 Å². The van der Waals surface area contributed by atoms with Crippen LogP contribution in [-0.2, 0) is 16.8 Å². The predicted molar refractivity (Wildman–Crippen MR) is 174 cm³/mol. The molecule has 0 fully saturated rings. The third kappa shape index (κ3) is 7.99. The van der Waals surface area contributed by atoms with Crippen LogP contribution in [0.3, 0.4) is 0 Å². The van der Waals surface area contributed by atoms with Crippen LogP contribution in [0, 0.1) is 6.92 Å². The normalized spacial score (nSPS) is 11.5. The lowest BCUT2D eigenvalue weighted by molar-refractivity contribution is -0.118. The number of nitrogens with one attached hydrogen (secondary N) is 1. The van der Waals surface area contributed by atoms with E-state index in [4.69, 9.17) is 4.74 Å². The molecule has 1 amide bonds. The van der Waals surface area contributed by atoms with Gasteiger partial charge in [0.2, 0.25) is 0 Å². The van der Waals surface area contributed by atoms with E-state index in [2.05, 4.69) is 84.8 Å². The van der Waals surface area contributed by atoms with Gasteiger partial charge in [-0.15, -0.1) is 10.2 Å². The van der Waals surface area contributed by atoms with E-state index in [0.717, 1.165) is 39.5 Å². The van der Waals surface area contributed by atoms with Gasteiger partial charge >= 0.3 is 0 Å². The van der Waals surface area contributed by atoms with E-state index in [0.29, 0.717) is 11.8 Å². The largest absolute Gasteiger partial charge is 0.489 e. The third-order valence-electron chi connectivity index (χ3n) is 6.80. The maximum absolute atomic E-state index is 12.7. The Morgan fingerprint density at radius 1 is 0.907 bits per heavy atom. The summed E-state index contributed by atoms with van der Waals surface area (Å²) in [5.41, 5.74) is 8.92. The monoisotopic (exact) mass is 589 g/mol. The maximum atomic E-state index is 12.7. The summed E-state index contributed by atoms with van der Waals surface area (Å²) in [4.78, 5) is 12.7. The molecule has 0 aliphatic carbocycles. The van der Waals surface area contributed by atoms with E-state index in [9.17, 15) is 4.79 Å². The Bertz CT molecular complexity index is 1670. The molecule has 0 atom stereocenters. The highest BCUT2D eigenvalue weighted by molar-refractivity contribution is 7.99. The predicted octanol–water partition coefficient (Wildman–Crippen LogP) is 7.36. The zero-order valence-corrected chi connectivity index (χ0v) is 25.6. The molecule has 5 rings (SSSR count). The molecule has 1 heterocycles. The van der Waals surface area contributed by atoms with E-state index in [1.807, 2.05) is 71.3 Å². The first-order chi connectivity index (χ1) is 20.8. The molecule has 1 N–H and O–H groups in total. The van der Waals surface area contributed by atoms with E-state index < -0.39 is 0 Å². The number of rotatable bonds is 10. The van der Waals surface area contributed by atoms with Gasteiger partial charge in [-0.05, 0) is 65.4 Å². The van der Waals surface area contributed by atoms with Gasteiger partial charge in [0.05, 0.1) is 12.0 Å². The second-order valence-electron chi connectivity index (χ2n) is 11.2. The molecule has 4 aromatic carbocycles. The van der Waals surface area contributed by atoms with Crippen LogP contribution in [0.5, 0.6) is 5.75 Å². The fourth-order valence-corrected chi connectivity index (χ4v) is 5.07. The third-order valence-corrected chi connectivity index (χ3v) is 7.73. The van der Waals surface area contributed by atoms with E-state index in [-0.39, 0.29) is 17.1 Å². The highest BCUT2D eigenvalue weighted by atomic mass is 32.2. The quantitative estimate of drug-likeness (QED) is 0.105. The summed E-state index contributed by atoms with van der Waals surface area (Å²) in [6.07, 6.45) is 1.61. The van der Waals surface area contributed by atoms with Gasteiger partial charge in [-0.25, -0.2) is 5.43 Å². The summed E-state index contributed by atoms with van der Waals surface area (Å²) in [6, 6.07) is 34.2. The molecule has 0 unspecified atom stereocenters. The van der Waals surface area contributed by atoms with Gasteiger partial charge in [-0.1, -0.05) is 105 Å². The summed E-state index contributed by atoms with van der Waals surface area (Å²) in [5, 5.41) is 13.7. The van der Waals surface area contributed by atoms with Crippen molar-refractivity contribution in [1.82, 2.24) is 20.2 Å². The first-order valence-electron chi connectivity index (χ1n) is 14.1. The van der Waals surface area contributed by atoms with Crippen LogP contribution in [0.15, 0.2) is 113 Å². The van der Waals surface area contributed by atoms with Crippen LogP contribution in [0.25, 0.3) is 17.1 Å². The zero-order valence-electron chi connectivity index (χ0n) is 24.8. The molecule has 0 saturated carbocycles. The number of thioether (sulfide) groups is 1. The van der Waals surface area contributed by atoms with Gasteiger partial charge in [0.15, 0.2) is 11.0 Å². The lowest BCUT2D eigenvalue weighted by Crippen LogP contribution is -2.20. The fourth-order valence-electron chi connectivity index (χ4n) is 4.33. The zero-order chi connectivity index (χ0) is 30.2. The minimum absolute atomic E-state index is 0.0560. The number of hydrazone groups is 1. The van der Waals surface area contributed by atoms with Crippen molar-refractivity contribution in [2.24, 2.45) is 5.10 Å². The second-order valence-corrected chi connectivity index (χ2v) is 12.2. The van der Waals surface area contributed by atoms with Crippen molar-refractivity contribution in [1.29, 1.82) is 0 Å². The van der Waals surface area contributed by atoms with E-state index >= 15 is 0 Å². The molecular formula is C35H35N5O2S. The summed E-state index contributed by atoms with van der Waals surface area (Å²) >= 11 is 1.32. The molecule has 0 bridgehead atoms. The number of amides is 1. The van der Waals surface area contributed by atoms with Gasteiger partial charge in [0, 0.05) is 11.3 Å². The standard InChI is InChI=1S/C35H35N5O2S/c1-25-10-18-30(19-11-25)40-33(28-14-16-29(17-15-28)35(2,3)4)38-39-34(40)43-24-32(41)37-36-22-26-12-20-31(21-13-26)42-23-27-8-6-5-7-9-27/h5-22H,23-24H2,1-4H3,(H,37,41). The Balaban J connectivity index is 1.22. The number of benzene rings is 4. The Labute approximate surface area is 257 Å². The van der Waals surface area contributed by atoms with Gasteiger partial charge in [0.1, 0.15) is 12.4 Å². The molecule has 218 valence electrons. The average Bonchev–Trinajstić information content (AvgIpc) is 3.44. The van der Waals surface area contributed by atoms with Gasteiger partial charge < -0.3 is 4.74 Å². The number of carbonyl (C=O) groups excluding carboxylic acids is 1. The van der Waals surface area contributed by atoms with Crippen LogP contribution in [-0.4, -0.2) is 32.6 Å². The highest BCUT2D eigenvalue weighted by Crippen LogP contribution is 2.30. The smallest absolute Gasteiger partial charge is 0.250 e. The first-order valence-corrected chi connectivity index (χ1v) is 15.1. The molecule has 0 saturated heterocycles. The number of aryl methyl sites for hydroxylation is 1. The van der Waals surface area contributed by atoms with Crippen LogP contribution >= 0.6 is 11.8 Å². The molecule has 1 aromatic heterocycles. The number of hydrogen-bond donors (Lipinski definition) is 1. The Morgan fingerprint density at radius 3 is 2.28 bits per heavy atom. The molecule has 7 nitrogen and oxygen atoms in total. The molecular weight excluding hydrogens is 554 g/mol. The number of hydrogen-bond acceptors (Lipinski definition) is 6. The summed E-state index contributed by atoms with van der Waals surface area (Å²) in [6.45, 7) is 9.14. The molecule has 43 heavy (non-hydrogen) atoms. The lowest BCUT2D eigenvalue weighted by atomic mass is 9.87. The van der Waals surface area contributed by atoms with Crippen molar-refractivity contribution in [2.45, 2.75) is 44.9 Å². The maximum Gasteiger partial charge on any atom is 0.250 e. The number of ether oxygens (including phenoxy) is 1. The number of nitrogens with zero attached hydrogens (tertiary/aromatic N) is 4. The van der Waals surface area contributed by atoms with Gasteiger partial charge in [0.25, 0.3) is 5.91 Å². The molecule has 0 aliphatic heterocycles. The van der Waals surface area contributed by atoms with E-state index in [1.54, 1.807) is 6.21 Å². The Morgan fingerprint density at radius 2 is 1.60 bits per heavy atom. The first kappa shape index (κ1) is 29.8. The van der Waals surface area contributed by atoms with Crippen LogP contribution in [0.1, 0.15) is 43.0 Å². The van der Waals surface area contributed by atoms with Crippen molar-refractivity contribution in [2.75, 3.05) is 5.75 Å². The summed E-state index contributed by atoms with van der Waals surface area (Å²) < 4.78 is 7.82. The highest BCUT2D eigenvalue weighted by Gasteiger charge is 2.19. The Kier molecular flexibility index (Phi) is 9.37.